The van der Waals surface area contributed by atoms with E-state index in [0.717, 1.165) is 0 Å². The molecule has 0 atom stereocenters. The number of alkyl halides is 2. The molecule has 0 N–H and O–H groups in total. The summed E-state index contributed by atoms with van der Waals surface area (Å²) in [5.41, 5.74) is 0. The smallest absolute Gasteiger partial charge is 0.223 e. The van der Waals surface area contributed by atoms with Gasteiger partial charge in [0.15, 0.2) is 9.84 Å². The maximum atomic E-state index is 11.9. The highest BCUT2D eigenvalue weighted by atomic mass is 79.9. The molecule has 0 fully saturated rings. The van der Waals surface area contributed by atoms with Crippen molar-refractivity contribution in [1.82, 2.24) is 0 Å². The molecule has 0 bridgehead atoms. The third-order valence-electron chi connectivity index (χ3n) is 1.52. The molecule has 0 saturated heterocycles. The van der Waals surface area contributed by atoms with Crippen LogP contribution in [0.4, 0.5) is 8.78 Å². The van der Waals surface area contributed by atoms with Crippen LogP contribution in [0.1, 0.15) is 0 Å². The first-order valence-electron chi connectivity index (χ1n) is 3.68. The Hall–Kier alpha value is -0.490. The summed E-state index contributed by atoms with van der Waals surface area (Å²) >= 11 is 3.12. The van der Waals surface area contributed by atoms with Gasteiger partial charge in [0.1, 0.15) is 5.75 Å². The summed E-state index contributed by atoms with van der Waals surface area (Å²) in [6.07, 6.45) is -2.84. The van der Waals surface area contributed by atoms with E-state index in [2.05, 4.69) is 15.9 Å². The van der Waals surface area contributed by atoms with E-state index in [9.17, 15) is 17.2 Å². The van der Waals surface area contributed by atoms with Crippen LogP contribution in [0.5, 0.6) is 0 Å². The van der Waals surface area contributed by atoms with Crippen molar-refractivity contribution in [3.8, 4) is 0 Å². The molecule has 0 radical (unpaired) electrons. The Kier molecular flexibility index (Phi) is 3.60. The SMILES string of the molecule is O=S(=O)(CC(F)F)c1ccc(Br)cc1. The quantitative estimate of drug-likeness (QED) is 0.855. The van der Waals surface area contributed by atoms with E-state index in [1.54, 1.807) is 0 Å². The number of hydrogen-bond acceptors (Lipinski definition) is 2. The van der Waals surface area contributed by atoms with E-state index >= 15 is 0 Å². The predicted molar refractivity (Wildman–Crippen MR) is 52.2 cm³/mol. The first-order chi connectivity index (χ1) is 6.42. The lowest BCUT2D eigenvalue weighted by molar-refractivity contribution is 0.174. The second-order valence-electron chi connectivity index (χ2n) is 2.63. The molecular weight excluding hydrogens is 278 g/mol. The van der Waals surface area contributed by atoms with E-state index in [-0.39, 0.29) is 4.90 Å². The van der Waals surface area contributed by atoms with Crippen LogP contribution in [0, 0.1) is 0 Å². The first kappa shape index (κ1) is 11.6. The molecule has 0 aliphatic carbocycles. The summed E-state index contributed by atoms with van der Waals surface area (Å²) in [4.78, 5) is -0.0824. The molecule has 0 heterocycles. The second kappa shape index (κ2) is 4.35. The summed E-state index contributed by atoms with van der Waals surface area (Å²) in [5, 5.41) is 0. The molecule has 0 amide bonds. The van der Waals surface area contributed by atoms with Gasteiger partial charge in [-0.3, -0.25) is 0 Å². The Balaban J connectivity index is 2.99. The van der Waals surface area contributed by atoms with Crippen molar-refractivity contribution in [2.45, 2.75) is 11.3 Å². The average molecular weight is 285 g/mol. The van der Waals surface area contributed by atoms with Crippen LogP contribution < -0.4 is 0 Å². The Bertz CT molecular complexity index is 400. The Morgan fingerprint density at radius 1 is 1.21 bits per heavy atom. The molecule has 1 aromatic rings. The maximum Gasteiger partial charge on any atom is 0.252 e. The normalized spacial score (nSPS) is 12.0. The van der Waals surface area contributed by atoms with Gasteiger partial charge in [0, 0.05) is 4.47 Å². The fraction of sp³-hybridized carbons (Fsp3) is 0.250. The lowest BCUT2D eigenvalue weighted by atomic mass is 10.4. The minimum Gasteiger partial charge on any atom is -0.223 e. The van der Waals surface area contributed by atoms with Gasteiger partial charge in [-0.05, 0) is 24.3 Å². The van der Waals surface area contributed by atoms with Crippen LogP contribution in [0.25, 0.3) is 0 Å². The van der Waals surface area contributed by atoms with Gasteiger partial charge in [0.2, 0.25) is 0 Å². The Morgan fingerprint density at radius 2 is 1.71 bits per heavy atom. The molecule has 6 heteroatoms. The molecule has 0 saturated carbocycles. The van der Waals surface area contributed by atoms with Crippen LogP contribution in [0.2, 0.25) is 0 Å². The van der Waals surface area contributed by atoms with Crippen molar-refractivity contribution >= 4 is 25.8 Å². The lowest BCUT2D eigenvalue weighted by Gasteiger charge is -2.03. The third kappa shape index (κ3) is 3.02. The predicted octanol–water partition coefficient (Wildman–Crippen LogP) is 2.49. The van der Waals surface area contributed by atoms with Gasteiger partial charge in [-0.15, -0.1) is 0 Å². The zero-order valence-electron chi connectivity index (χ0n) is 6.95. The molecule has 0 aromatic heterocycles. The number of hydrogen-bond donors (Lipinski definition) is 0. The van der Waals surface area contributed by atoms with Crippen LogP contribution in [-0.2, 0) is 9.84 Å². The summed E-state index contributed by atoms with van der Waals surface area (Å²) in [7, 11) is -3.85. The van der Waals surface area contributed by atoms with Crippen LogP contribution >= 0.6 is 15.9 Å². The van der Waals surface area contributed by atoms with Crippen molar-refractivity contribution in [2.75, 3.05) is 5.75 Å². The van der Waals surface area contributed by atoms with E-state index in [1.165, 1.54) is 24.3 Å². The number of benzene rings is 1. The van der Waals surface area contributed by atoms with Gasteiger partial charge in [-0.2, -0.15) is 0 Å². The zero-order chi connectivity index (χ0) is 10.8. The minimum atomic E-state index is -3.85. The summed E-state index contributed by atoms with van der Waals surface area (Å²) < 4.78 is 47.0. The maximum absolute atomic E-state index is 11.9. The van der Waals surface area contributed by atoms with Crippen molar-refractivity contribution in [3.63, 3.8) is 0 Å². The van der Waals surface area contributed by atoms with Crippen molar-refractivity contribution in [3.05, 3.63) is 28.7 Å². The highest BCUT2D eigenvalue weighted by molar-refractivity contribution is 9.10. The molecule has 2 nitrogen and oxygen atoms in total. The average Bonchev–Trinajstić information content (AvgIpc) is 2.02. The lowest BCUT2D eigenvalue weighted by Crippen LogP contribution is -2.13. The first-order valence-corrected chi connectivity index (χ1v) is 6.13. The van der Waals surface area contributed by atoms with E-state index in [0.29, 0.717) is 4.47 Å². The fourth-order valence-corrected chi connectivity index (χ4v) is 2.24. The van der Waals surface area contributed by atoms with Crippen LogP contribution in [-0.4, -0.2) is 20.6 Å². The van der Waals surface area contributed by atoms with Crippen molar-refractivity contribution in [1.29, 1.82) is 0 Å². The largest absolute Gasteiger partial charge is 0.252 e. The van der Waals surface area contributed by atoms with E-state index in [4.69, 9.17) is 0 Å². The van der Waals surface area contributed by atoms with Crippen molar-refractivity contribution < 1.29 is 17.2 Å². The van der Waals surface area contributed by atoms with E-state index < -0.39 is 22.0 Å². The molecule has 78 valence electrons. The van der Waals surface area contributed by atoms with E-state index in [1.807, 2.05) is 0 Å². The van der Waals surface area contributed by atoms with Crippen molar-refractivity contribution in [2.24, 2.45) is 0 Å². The fourth-order valence-electron chi connectivity index (χ4n) is 0.904. The zero-order valence-corrected chi connectivity index (χ0v) is 9.35. The van der Waals surface area contributed by atoms with Gasteiger partial charge < -0.3 is 0 Å². The monoisotopic (exact) mass is 284 g/mol. The topological polar surface area (TPSA) is 34.1 Å². The third-order valence-corrected chi connectivity index (χ3v) is 3.73. The highest BCUT2D eigenvalue weighted by Gasteiger charge is 2.19. The Morgan fingerprint density at radius 3 is 2.14 bits per heavy atom. The molecule has 1 rings (SSSR count). The Labute approximate surface area is 89.0 Å². The summed E-state index contributed by atoms with van der Waals surface area (Å²) in [5.74, 6) is -1.13. The van der Waals surface area contributed by atoms with Gasteiger partial charge in [-0.25, -0.2) is 17.2 Å². The second-order valence-corrected chi connectivity index (χ2v) is 5.58. The molecule has 0 unspecified atom stereocenters. The molecule has 1 aromatic carbocycles. The molecule has 0 aliphatic heterocycles. The van der Waals surface area contributed by atoms with Crippen LogP contribution in [0.15, 0.2) is 33.6 Å². The van der Waals surface area contributed by atoms with Gasteiger partial charge in [0.25, 0.3) is 6.43 Å². The molecule has 0 aliphatic rings. The summed E-state index contributed by atoms with van der Waals surface area (Å²) in [6, 6.07) is 5.58. The standard InChI is InChI=1S/C8H7BrF2O2S/c9-6-1-3-7(4-2-6)14(12,13)5-8(10)11/h1-4,8H,5H2. The molecular formula is C8H7BrF2O2S. The number of sulfone groups is 1. The molecule has 14 heavy (non-hydrogen) atoms. The highest BCUT2D eigenvalue weighted by Crippen LogP contribution is 2.17. The van der Waals surface area contributed by atoms with Gasteiger partial charge >= 0.3 is 0 Å². The van der Waals surface area contributed by atoms with Crippen LogP contribution in [0.3, 0.4) is 0 Å². The minimum absolute atomic E-state index is 0.0824. The number of rotatable bonds is 3. The molecule has 0 spiro atoms. The summed E-state index contributed by atoms with van der Waals surface area (Å²) in [6.45, 7) is 0. The van der Waals surface area contributed by atoms with Gasteiger partial charge in [-0.1, -0.05) is 15.9 Å². The van der Waals surface area contributed by atoms with Gasteiger partial charge in [0.05, 0.1) is 4.90 Å². The number of halogens is 3.